The number of rotatable bonds is 2. The van der Waals surface area contributed by atoms with Gasteiger partial charge in [-0.1, -0.05) is 19.9 Å². The van der Waals surface area contributed by atoms with Gasteiger partial charge >= 0.3 is 0 Å². The van der Waals surface area contributed by atoms with Crippen LogP contribution < -0.4 is 4.74 Å². The van der Waals surface area contributed by atoms with E-state index in [9.17, 15) is 9.59 Å². The summed E-state index contributed by atoms with van der Waals surface area (Å²) in [4.78, 5) is 22.7. The lowest BCUT2D eigenvalue weighted by Crippen LogP contribution is -2.24. The quantitative estimate of drug-likeness (QED) is 0.735. The molecule has 0 aliphatic carbocycles. The fourth-order valence-corrected chi connectivity index (χ4v) is 2.97. The zero-order valence-electron chi connectivity index (χ0n) is 11.9. The summed E-state index contributed by atoms with van der Waals surface area (Å²) in [7, 11) is 0. The molecule has 0 amide bonds. The summed E-state index contributed by atoms with van der Waals surface area (Å²) in [5, 5.41) is -1.04. The molecule has 0 atom stereocenters. The second-order valence-corrected chi connectivity index (χ2v) is 6.38. The van der Waals surface area contributed by atoms with E-state index in [1.54, 1.807) is 30.3 Å². The van der Waals surface area contributed by atoms with E-state index >= 15 is 0 Å². The first-order valence-corrected chi connectivity index (χ1v) is 7.43. The summed E-state index contributed by atoms with van der Waals surface area (Å²) in [6.07, 6.45) is 0. The summed E-state index contributed by atoms with van der Waals surface area (Å²) in [6.45, 7) is 4.05. The summed E-state index contributed by atoms with van der Waals surface area (Å²) in [6, 6.07) is 10.2. The van der Waals surface area contributed by atoms with Crippen LogP contribution in [0.4, 0.5) is 0 Å². The van der Waals surface area contributed by atoms with E-state index in [1.807, 2.05) is 19.9 Å². The van der Waals surface area contributed by atoms with Gasteiger partial charge in [0.1, 0.15) is 11.5 Å². The third kappa shape index (κ3) is 2.31. The Morgan fingerprint density at radius 3 is 2.09 bits per heavy atom. The minimum atomic E-state index is -0.530. The van der Waals surface area contributed by atoms with Crippen molar-refractivity contribution in [2.24, 2.45) is 0 Å². The Kier molecular flexibility index (Phi) is 3.50. The van der Waals surface area contributed by atoms with Crippen LogP contribution in [0.15, 0.2) is 36.4 Å². The van der Waals surface area contributed by atoms with Crippen molar-refractivity contribution in [2.75, 3.05) is 0 Å². The molecule has 112 valence electrons. The van der Waals surface area contributed by atoms with Crippen molar-refractivity contribution in [2.45, 2.75) is 19.3 Å². The second-order valence-electron chi connectivity index (χ2n) is 5.70. The van der Waals surface area contributed by atoms with Gasteiger partial charge in [-0.05, 0) is 53.5 Å². The molecule has 1 heterocycles. The Bertz CT molecular complexity index is 810. The largest absolute Gasteiger partial charge is 0.457 e. The fraction of sp³-hybridized carbons (Fsp3) is 0.176. The Balaban J connectivity index is 2.18. The van der Waals surface area contributed by atoms with Crippen molar-refractivity contribution in [3.63, 3.8) is 0 Å². The van der Waals surface area contributed by atoms with E-state index in [-0.39, 0.29) is 5.41 Å². The highest BCUT2D eigenvalue weighted by molar-refractivity contribution is 6.68. The molecule has 0 fully saturated rings. The van der Waals surface area contributed by atoms with E-state index < -0.39 is 10.5 Å². The Labute approximate surface area is 137 Å². The van der Waals surface area contributed by atoms with Gasteiger partial charge in [-0.2, -0.15) is 0 Å². The van der Waals surface area contributed by atoms with Crippen LogP contribution in [0.2, 0.25) is 0 Å². The predicted octanol–water partition coefficient (Wildman–Crippen LogP) is 4.88. The monoisotopic (exact) mass is 334 g/mol. The molecule has 0 saturated carbocycles. The second kappa shape index (κ2) is 5.11. The molecule has 0 N–H and O–H groups in total. The van der Waals surface area contributed by atoms with Crippen LogP contribution in [0.25, 0.3) is 0 Å². The standard InChI is InChI=1S/C17H12Cl2O3/c1-17(2)11-5-3-10(16(19)21)8-14(11)22-13-6-4-9(15(18)20)7-12(13)17/h3-8H,1-2H3. The summed E-state index contributed by atoms with van der Waals surface area (Å²) in [5.74, 6) is 1.23. The molecular weight excluding hydrogens is 323 g/mol. The minimum absolute atomic E-state index is 0.382. The van der Waals surface area contributed by atoms with Crippen LogP contribution in [-0.4, -0.2) is 10.5 Å². The number of benzene rings is 2. The number of hydrogen-bond acceptors (Lipinski definition) is 3. The van der Waals surface area contributed by atoms with Gasteiger partial charge < -0.3 is 4.74 Å². The van der Waals surface area contributed by atoms with Crippen molar-refractivity contribution < 1.29 is 14.3 Å². The number of halogens is 2. The van der Waals surface area contributed by atoms with Gasteiger partial charge in [-0.3, -0.25) is 9.59 Å². The van der Waals surface area contributed by atoms with Crippen LogP contribution >= 0.6 is 23.2 Å². The maximum absolute atomic E-state index is 11.4. The van der Waals surface area contributed by atoms with Crippen molar-refractivity contribution >= 4 is 33.7 Å². The van der Waals surface area contributed by atoms with Gasteiger partial charge in [-0.15, -0.1) is 0 Å². The van der Waals surface area contributed by atoms with Gasteiger partial charge in [0, 0.05) is 27.7 Å². The molecule has 0 aromatic heterocycles. The summed E-state index contributed by atoms with van der Waals surface area (Å²) in [5.41, 5.74) is 2.21. The van der Waals surface area contributed by atoms with Crippen molar-refractivity contribution in [1.82, 2.24) is 0 Å². The fourth-order valence-electron chi connectivity index (χ4n) is 2.74. The van der Waals surface area contributed by atoms with Crippen molar-refractivity contribution in [3.05, 3.63) is 58.7 Å². The highest BCUT2D eigenvalue weighted by Gasteiger charge is 2.35. The average Bonchev–Trinajstić information content (AvgIpc) is 2.46. The van der Waals surface area contributed by atoms with Crippen LogP contribution in [0.5, 0.6) is 11.5 Å². The molecule has 2 aromatic rings. The molecule has 0 radical (unpaired) electrons. The zero-order chi connectivity index (χ0) is 16.1. The van der Waals surface area contributed by atoms with Gasteiger partial charge in [-0.25, -0.2) is 0 Å². The van der Waals surface area contributed by atoms with Crippen molar-refractivity contribution in [1.29, 1.82) is 0 Å². The first-order chi connectivity index (χ1) is 10.3. The van der Waals surface area contributed by atoms with Gasteiger partial charge in [0.05, 0.1) is 0 Å². The van der Waals surface area contributed by atoms with Crippen LogP contribution in [-0.2, 0) is 5.41 Å². The van der Waals surface area contributed by atoms with Crippen LogP contribution in [0.1, 0.15) is 45.7 Å². The van der Waals surface area contributed by atoms with Gasteiger partial charge in [0.25, 0.3) is 10.5 Å². The zero-order valence-corrected chi connectivity index (χ0v) is 13.5. The van der Waals surface area contributed by atoms with Crippen LogP contribution in [0, 0.1) is 0 Å². The third-order valence-electron chi connectivity index (χ3n) is 3.98. The lowest BCUT2D eigenvalue weighted by atomic mass is 9.75. The van der Waals surface area contributed by atoms with E-state index in [0.29, 0.717) is 22.6 Å². The summed E-state index contributed by atoms with van der Waals surface area (Å²) < 4.78 is 5.87. The maximum atomic E-state index is 11.4. The normalized spacial score (nSPS) is 14.5. The van der Waals surface area contributed by atoms with Crippen molar-refractivity contribution in [3.8, 4) is 11.5 Å². The molecule has 0 unspecified atom stereocenters. The van der Waals surface area contributed by atoms with Gasteiger partial charge in [0.2, 0.25) is 0 Å². The SMILES string of the molecule is CC1(C)c2ccc(C(=O)Cl)cc2Oc2ccc(C(=O)Cl)cc21. The smallest absolute Gasteiger partial charge is 0.252 e. The lowest BCUT2D eigenvalue weighted by molar-refractivity contribution is 0.107. The number of carbonyl (C=O) groups excluding carboxylic acids is 2. The third-order valence-corrected chi connectivity index (χ3v) is 4.42. The van der Waals surface area contributed by atoms with Crippen LogP contribution in [0.3, 0.4) is 0 Å². The molecule has 3 nitrogen and oxygen atoms in total. The highest BCUT2D eigenvalue weighted by atomic mass is 35.5. The number of ether oxygens (including phenoxy) is 1. The molecule has 1 aliphatic heterocycles. The number of fused-ring (bicyclic) bond motifs is 2. The molecule has 0 saturated heterocycles. The number of hydrogen-bond donors (Lipinski definition) is 0. The molecule has 0 bridgehead atoms. The topological polar surface area (TPSA) is 43.4 Å². The number of carbonyl (C=O) groups is 2. The first kappa shape index (κ1) is 15.1. The molecule has 5 heteroatoms. The highest BCUT2D eigenvalue weighted by Crippen LogP contribution is 2.48. The molecule has 0 spiro atoms. The predicted molar refractivity (Wildman–Crippen MR) is 85.5 cm³/mol. The molecule has 2 aromatic carbocycles. The molecule has 3 rings (SSSR count). The maximum Gasteiger partial charge on any atom is 0.252 e. The van der Waals surface area contributed by atoms with E-state index in [1.165, 1.54) is 0 Å². The van der Waals surface area contributed by atoms with Gasteiger partial charge in [0.15, 0.2) is 0 Å². The van der Waals surface area contributed by atoms with E-state index in [2.05, 4.69) is 0 Å². The Morgan fingerprint density at radius 1 is 0.864 bits per heavy atom. The summed E-state index contributed by atoms with van der Waals surface area (Å²) >= 11 is 11.1. The Morgan fingerprint density at radius 2 is 1.45 bits per heavy atom. The Hall–Kier alpha value is -1.84. The molecular formula is C17H12Cl2O3. The molecule has 1 aliphatic rings. The average molecular weight is 335 g/mol. The van der Waals surface area contributed by atoms with E-state index in [0.717, 1.165) is 11.1 Å². The van der Waals surface area contributed by atoms with E-state index in [4.69, 9.17) is 27.9 Å². The lowest BCUT2D eigenvalue weighted by Gasteiger charge is -2.34. The molecule has 22 heavy (non-hydrogen) atoms. The first-order valence-electron chi connectivity index (χ1n) is 6.67. The minimum Gasteiger partial charge on any atom is -0.457 e.